The summed E-state index contributed by atoms with van der Waals surface area (Å²) in [6.45, 7) is 3.33. The molecule has 0 unspecified atom stereocenters. The van der Waals surface area contributed by atoms with E-state index in [0.29, 0.717) is 0 Å². The van der Waals surface area contributed by atoms with Crippen molar-refractivity contribution in [1.29, 1.82) is 0 Å². The van der Waals surface area contributed by atoms with Gasteiger partial charge in [-0.2, -0.15) is 0 Å². The van der Waals surface area contributed by atoms with Crippen molar-refractivity contribution in [3.8, 4) is 0 Å². The van der Waals surface area contributed by atoms with Gasteiger partial charge >= 0.3 is 0 Å². The standard InChI is InChI=1S/C9H13NS/c1-2-8-5-9-7(6-10-8)3-4-11-9/h3-4,8,10H,2,5-6H2,1H3/t8-/m1/s1. The highest BCUT2D eigenvalue weighted by atomic mass is 32.1. The Bertz CT molecular complexity index is 241. The third-order valence-corrected chi connectivity index (χ3v) is 3.33. The summed E-state index contributed by atoms with van der Waals surface area (Å²) in [6.07, 6.45) is 2.49. The van der Waals surface area contributed by atoms with Crippen molar-refractivity contribution in [2.75, 3.05) is 0 Å². The topological polar surface area (TPSA) is 12.0 Å². The van der Waals surface area contributed by atoms with Gasteiger partial charge in [0, 0.05) is 17.5 Å². The van der Waals surface area contributed by atoms with Crippen LogP contribution in [0, 0.1) is 0 Å². The lowest BCUT2D eigenvalue weighted by Crippen LogP contribution is -2.33. The Hall–Kier alpha value is -0.340. The van der Waals surface area contributed by atoms with Crippen molar-refractivity contribution in [3.63, 3.8) is 0 Å². The van der Waals surface area contributed by atoms with Gasteiger partial charge in [0.2, 0.25) is 0 Å². The average Bonchev–Trinajstić information content (AvgIpc) is 2.50. The first-order valence-corrected chi connectivity index (χ1v) is 5.06. The molecule has 0 saturated heterocycles. The Kier molecular flexibility index (Phi) is 1.96. The smallest absolute Gasteiger partial charge is 0.0219 e. The molecule has 2 heterocycles. The summed E-state index contributed by atoms with van der Waals surface area (Å²) in [7, 11) is 0. The van der Waals surface area contributed by atoms with Gasteiger partial charge in [-0.25, -0.2) is 0 Å². The quantitative estimate of drug-likeness (QED) is 0.676. The molecule has 1 N–H and O–H groups in total. The first-order chi connectivity index (χ1) is 5.40. The predicted octanol–water partition coefficient (Wildman–Crippen LogP) is 2.17. The minimum absolute atomic E-state index is 0.723. The van der Waals surface area contributed by atoms with Crippen LogP contribution >= 0.6 is 11.3 Å². The predicted molar refractivity (Wildman–Crippen MR) is 48.9 cm³/mol. The van der Waals surface area contributed by atoms with Crippen molar-refractivity contribution in [1.82, 2.24) is 5.32 Å². The summed E-state index contributed by atoms with van der Waals surface area (Å²) in [5.41, 5.74) is 1.51. The molecular formula is C9H13NS. The normalized spacial score (nSPS) is 23.2. The van der Waals surface area contributed by atoms with E-state index in [0.717, 1.165) is 12.6 Å². The summed E-state index contributed by atoms with van der Waals surface area (Å²) in [5.74, 6) is 0. The Morgan fingerprint density at radius 3 is 3.45 bits per heavy atom. The molecule has 1 aromatic rings. The third kappa shape index (κ3) is 1.33. The Balaban J connectivity index is 2.18. The Labute approximate surface area is 71.4 Å². The van der Waals surface area contributed by atoms with Gasteiger partial charge in [0.25, 0.3) is 0 Å². The minimum Gasteiger partial charge on any atom is -0.310 e. The molecule has 2 heteroatoms. The van der Waals surface area contributed by atoms with E-state index >= 15 is 0 Å². The zero-order chi connectivity index (χ0) is 7.68. The fraction of sp³-hybridized carbons (Fsp3) is 0.556. The van der Waals surface area contributed by atoms with E-state index < -0.39 is 0 Å². The molecule has 60 valence electrons. The molecule has 0 bridgehead atoms. The molecule has 0 aromatic carbocycles. The van der Waals surface area contributed by atoms with Crippen molar-refractivity contribution in [2.24, 2.45) is 0 Å². The highest BCUT2D eigenvalue weighted by Crippen LogP contribution is 2.22. The van der Waals surface area contributed by atoms with Crippen LogP contribution in [0.25, 0.3) is 0 Å². The summed E-state index contributed by atoms with van der Waals surface area (Å²) in [5, 5.41) is 5.72. The zero-order valence-electron chi connectivity index (χ0n) is 6.76. The van der Waals surface area contributed by atoms with Crippen molar-refractivity contribution < 1.29 is 0 Å². The molecule has 2 rings (SSSR count). The Morgan fingerprint density at radius 1 is 1.73 bits per heavy atom. The van der Waals surface area contributed by atoms with Crippen LogP contribution in [0.4, 0.5) is 0 Å². The van der Waals surface area contributed by atoms with E-state index in [1.807, 2.05) is 11.3 Å². The fourth-order valence-electron chi connectivity index (χ4n) is 1.54. The molecule has 0 fully saturated rings. The van der Waals surface area contributed by atoms with Crippen LogP contribution in [-0.2, 0) is 13.0 Å². The number of nitrogens with one attached hydrogen (secondary N) is 1. The van der Waals surface area contributed by atoms with Gasteiger partial charge in [0.15, 0.2) is 0 Å². The van der Waals surface area contributed by atoms with Gasteiger partial charge in [0.1, 0.15) is 0 Å². The van der Waals surface area contributed by atoms with Gasteiger partial charge in [0.05, 0.1) is 0 Å². The van der Waals surface area contributed by atoms with Crippen LogP contribution in [-0.4, -0.2) is 6.04 Å². The van der Waals surface area contributed by atoms with E-state index in [4.69, 9.17) is 0 Å². The zero-order valence-corrected chi connectivity index (χ0v) is 7.58. The second kappa shape index (κ2) is 2.95. The third-order valence-electron chi connectivity index (χ3n) is 2.34. The monoisotopic (exact) mass is 167 g/mol. The number of fused-ring (bicyclic) bond motifs is 1. The number of hydrogen-bond acceptors (Lipinski definition) is 2. The second-order valence-electron chi connectivity index (χ2n) is 3.06. The SMILES string of the molecule is CC[C@@H]1Cc2sccc2CN1. The van der Waals surface area contributed by atoms with E-state index in [-0.39, 0.29) is 0 Å². The maximum Gasteiger partial charge on any atom is 0.0219 e. The highest BCUT2D eigenvalue weighted by molar-refractivity contribution is 7.10. The lowest BCUT2D eigenvalue weighted by atomic mass is 10.0. The molecule has 0 radical (unpaired) electrons. The van der Waals surface area contributed by atoms with Crippen molar-refractivity contribution in [3.05, 3.63) is 21.9 Å². The molecule has 0 aliphatic carbocycles. The second-order valence-corrected chi connectivity index (χ2v) is 4.06. The lowest BCUT2D eigenvalue weighted by Gasteiger charge is -2.22. The summed E-state index contributed by atoms with van der Waals surface area (Å²) in [4.78, 5) is 1.59. The van der Waals surface area contributed by atoms with E-state index in [1.165, 1.54) is 18.4 Å². The molecule has 1 aromatic heterocycles. The maximum absolute atomic E-state index is 3.52. The van der Waals surface area contributed by atoms with E-state index in [1.54, 1.807) is 4.88 Å². The molecule has 1 atom stereocenters. The van der Waals surface area contributed by atoms with Gasteiger partial charge in [-0.15, -0.1) is 11.3 Å². The average molecular weight is 167 g/mol. The fourth-order valence-corrected chi connectivity index (χ4v) is 2.53. The first kappa shape index (κ1) is 7.32. The van der Waals surface area contributed by atoms with E-state index in [2.05, 4.69) is 23.7 Å². The van der Waals surface area contributed by atoms with Crippen LogP contribution in [0.3, 0.4) is 0 Å². The summed E-state index contributed by atoms with van der Waals surface area (Å²) in [6, 6.07) is 2.96. The maximum atomic E-state index is 3.52. The van der Waals surface area contributed by atoms with Crippen LogP contribution in [0.1, 0.15) is 23.8 Å². The van der Waals surface area contributed by atoms with Crippen LogP contribution < -0.4 is 5.32 Å². The highest BCUT2D eigenvalue weighted by Gasteiger charge is 2.16. The summed E-state index contributed by atoms with van der Waals surface area (Å²) < 4.78 is 0. The molecule has 0 saturated carbocycles. The van der Waals surface area contributed by atoms with Crippen molar-refractivity contribution >= 4 is 11.3 Å². The number of thiophene rings is 1. The largest absolute Gasteiger partial charge is 0.310 e. The van der Waals surface area contributed by atoms with Gasteiger partial charge in [-0.3, -0.25) is 0 Å². The van der Waals surface area contributed by atoms with Crippen molar-refractivity contribution in [2.45, 2.75) is 32.4 Å². The van der Waals surface area contributed by atoms with Gasteiger partial charge in [-0.05, 0) is 29.9 Å². The number of hydrogen-bond donors (Lipinski definition) is 1. The molecule has 0 spiro atoms. The molecule has 11 heavy (non-hydrogen) atoms. The molecular weight excluding hydrogens is 154 g/mol. The van der Waals surface area contributed by atoms with Gasteiger partial charge in [-0.1, -0.05) is 6.92 Å². The molecule has 1 nitrogen and oxygen atoms in total. The van der Waals surface area contributed by atoms with Crippen LogP contribution in [0.2, 0.25) is 0 Å². The molecule has 0 amide bonds. The molecule has 1 aliphatic heterocycles. The van der Waals surface area contributed by atoms with Crippen LogP contribution in [0.15, 0.2) is 11.4 Å². The number of rotatable bonds is 1. The van der Waals surface area contributed by atoms with Crippen LogP contribution in [0.5, 0.6) is 0 Å². The van der Waals surface area contributed by atoms with Gasteiger partial charge < -0.3 is 5.32 Å². The first-order valence-electron chi connectivity index (χ1n) is 4.18. The lowest BCUT2D eigenvalue weighted by molar-refractivity contribution is 0.473. The van der Waals surface area contributed by atoms with E-state index in [9.17, 15) is 0 Å². The minimum atomic E-state index is 0.723. The molecule has 1 aliphatic rings. The summed E-state index contributed by atoms with van der Waals surface area (Å²) >= 11 is 1.90. The Morgan fingerprint density at radius 2 is 2.64 bits per heavy atom.